The summed E-state index contributed by atoms with van der Waals surface area (Å²) in [6, 6.07) is 8.83. The molecule has 0 bridgehead atoms. The van der Waals surface area contributed by atoms with Gasteiger partial charge >= 0.3 is 0 Å². The van der Waals surface area contributed by atoms with Crippen molar-refractivity contribution in [2.24, 2.45) is 0 Å². The fraction of sp³-hybridized carbons (Fsp3) is 0.167. The third kappa shape index (κ3) is 2.87. The zero-order valence-electron chi connectivity index (χ0n) is 14.4. The van der Waals surface area contributed by atoms with Crippen molar-refractivity contribution < 1.29 is 22.3 Å². The van der Waals surface area contributed by atoms with Crippen molar-refractivity contribution in [3.8, 4) is 17.0 Å². The highest BCUT2D eigenvalue weighted by Gasteiger charge is 2.20. The number of sulfonamides is 1. The number of carbonyl (C=O) groups is 1. The van der Waals surface area contributed by atoms with Crippen molar-refractivity contribution in [3.63, 3.8) is 0 Å². The van der Waals surface area contributed by atoms with Gasteiger partial charge in [0.05, 0.1) is 17.7 Å². The minimum atomic E-state index is -3.64. The van der Waals surface area contributed by atoms with Crippen LogP contribution in [0, 0.1) is 5.82 Å². The lowest BCUT2D eigenvalue weighted by atomic mass is 10.1. The molecule has 0 radical (unpaired) electrons. The molecule has 0 aliphatic carbocycles. The molecule has 1 aromatic heterocycles. The molecule has 3 rings (SSSR count). The van der Waals surface area contributed by atoms with E-state index in [1.807, 2.05) is 0 Å². The van der Waals surface area contributed by atoms with E-state index in [2.05, 4.69) is 4.98 Å². The molecule has 0 spiro atoms. The standard InChI is InChI=1S/C18H17FN2O4S/c1-21(2)26(23,24)12-5-6-16-13(9-12)14(10-22)18(20-16)11-4-7-17(25-3)15(19)8-11/h4-10,20H,1-3H3. The molecule has 0 aliphatic heterocycles. The molecule has 1 N–H and O–H groups in total. The van der Waals surface area contributed by atoms with E-state index in [-0.39, 0.29) is 16.2 Å². The van der Waals surface area contributed by atoms with Gasteiger partial charge in [0.2, 0.25) is 10.0 Å². The van der Waals surface area contributed by atoms with Crippen LogP contribution in [-0.2, 0) is 10.0 Å². The van der Waals surface area contributed by atoms with Gasteiger partial charge in [-0.3, -0.25) is 4.79 Å². The Hall–Kier alpha value is -2.71. The Morgan fingerprint density at radius 1 is 1.15 bits per heavy atom. The van der Waals surface area contributed by atoms with Crippen molar-refractivity contribution in [2.75, 3.05) is 21.2 Å². The van der Waals surface area contributed by atoms with Crippen molar-refractivity contribution in [1.29, 1.82) is 0 Å². The first-order valence-corrected chi connectivity index (χ1v) is 9.11. The van der Waals surface area contributed by atoms with Gasteiger partial charge in [-0.25, -0.2) is 17.1 Å². The summed E-state index contributed by atoms with van der Waals surface area (Å²) in [5, 5.41) is 0.453. The third-order valence-electron chi connectivity index (χ3n) is 4.15. The fourth-order valence-corrected chi connectivity index (χ4v) is 3.66. The number of halogens is 1. The van der Waals surface area contributed by atoms with Crippen molar-refractivity contribution >= 4 is 27.2 Å². The molecule has 1 heterocycles. The maximum atomic E-state index is 14.0. The first-order valence-electron chi connectivity index (χ1n) is 7.67. The van der Waals surface area contributed by atoms with E-state index in [0.29, 0.717) is 28.4 Å². The van der Waals surface area contributed by atoms with E-state index in [1.54, 1.807) is 12.1 Å². The van der Waals surface area contributed by atoms with Crippen LogP contribution in [0.2, 0.25) is 0 Å². The average molecular weight is 376 g/mol. The quantitative estimate of drug-likeness (QED) is 0.694. The highest BCUT2D eigenvalue weighted by molar-refractivity contribution is 7.89. The number of aldehydes is 1. The molecule has 136 valence electrons. The van der Waals surface area contributed by atoms with Crippen LogP contribution in [0.5, 0.6) is 5.75 Å². The summed E-state index contributed by atoms with van der Waals surface area (Å²) < 4.78 is 44.7. The molecular weight excluding hydrogens is 359 g/mol. The fourth-order valence-electron chi connectivity index (χ4n) is 2.74. The molecule has 3 aromatic rings. The first kappa shape index (κ1) is 18.1. The van der Waals surface area contributed by atoms with Crippen molar-refractivity contribution in [1.82, 2.24) is 9.29 Å². The van der Waals surface area contributed by atoms with E-state index in [0.717, 1.165) is 4.31 Å². The van der Waals surface area contributed by atoms with Crippen LogP contribution in [0.3, 0.4) is 0 Å². The molecule has 0 unspecified atom stereocenters. The number of benzene rings is 2. The van der Waals surface area contributed by atoms with Crippen LogP contribution in [0.1, 0.15) is 10.4 Å². The minimum absolute atomic E-state index is 0.0737. The molecule has 2 aromatic carbocycles. The summed E-state index contributed by atoms with van der Waals surface area (Å²) in [4.78, 5) is 14.8. The number of H-pyrrole nitrogens is 1. The number of fused-ring (bicyclic) bond motifs is 1. The van der Waals surface area contributed by atoms with Crippen LogP contribution in [-0.4, -0.2) is 45.2 Å². The van der Waals surface area contributed by atoms with E-state index in [9.17, 15) is 17.6 Å². The predicted octanol–water partition coefficient (Wildman–Crippen LogP) is 3.05. The van der Waals surface area contributed by atoms with Crippen LogP contribution in [0.4, 0.5) is 4.39 Å². The van der Waals surface area contributed by atoms with Crippen molar-refractivity contribution in [2.45, 2.75) is 4.90 Å². The van der Waals surface area contributed by atoms with Gasteiger partial charge in [0.15, 0.2) is 17.9 Å². The van der Waals surface area contributed by atoms with Crippen molar-refractivity contribution in [3.05, 3.63) is 47.8 Å². The Bertz CT molecular complexity index is 1100. The SMILES string of the molecule is COc1ccc(-c2[nH]c3ccc(S(=O)(=O)N(C)C)cc3c2C=O)cc1F. The number of methoxy groups -OCH3 is 1. The van der Waals surface area contributed by atoms with E-state index >= 15 is 0 Å². The number of hydrogen-bond donors (Lipinski definition) is 1. The topological polar surface area (TPSA) is 79.5 Å². The Morgan fingerprint density at radius 3 is 2.46 bits per heavy atom. The summed E-state index contributed by atoms with van der Waals surface area (Å²) in [6.07, 6.45) is 0.627. The van der Waals surface area contributed by atoms with Gasteiger partial charge in [0.25, 0.3) is 0 Å². The average Bonchev–Trinajstić information content (AvgIpc) is 2.99. The number of ether oxygens (including phenoxy) is 1. The van der Waals surface area contributed by atoms with Gasteiger partial charge in [-0.2, -0.15) is 0 Å². The van der Waals surface area contributed by atoms with E-state index in [4.69, 9.17) is 4.74 Å². The molecule has 26 heavy (non-hydrogen) atoms. The molecule has 0 fully saturated rings. The summed E-state index contributed by atoms with van der Waals surface area (Å²) >= 11 is 0. The maximum Gasteiger partial charge on any atom is 0.242 e. The maximum absolute atomic E-state index is 14.0. The van der Waals surface area contributed by atoms with Crippen LogP contribution in [0.15, 0.2) is 41.3 Å². The Morgan fingerprint density at radius 2 is 1.88 bits per heavy atom. The molecule has 0 aliphatic rings. The molecule has 0 saturated heterocycles. The lowest BCUT2D eigenvalue weighted by Crippen LogP contribution is -2.22. The van der Waals surface area contributed by atoms with Gasteiger partial charge in [-0.05, 0) is 36.4 Å². The monoisotopic (exact) mass is 376 g/mol. The largest absolute Gasteiger partial charge is 0.494 e. The molecule has 6 nitrogen and oxygen atoms in total. The Kier molecular flexibility index (Phi) is 4.55. The molecule has 0 amide bonds. The van der Waals surface area contributed by atoms with Gasteiger partial charge in [0.1, 0.15) is 0 Å². The number of rotatable bonds is 5. The predicted molar refractivity (Wildman–Crippen MR) is 96.5 cm³/mol. The van der Waals surface area contributed by atoms with Gasteiger partial charge < -0.3 is 9.72 Å². The number of aromatic amines is 1. The molecule has 0 saturated carbocycles. The van der Waals surface area contributed by atoms with E-state index < -0.39 is 15.8 Å². The first-order chi connectivity index (χ1) is 12.3. The normalized spacial score (nSPS) is 11.9. The molecule has 8 heteroatoms. The number of hydrogen-bond acceptors (Lipinski definition) is 4. The van der Waals surface area contributed by atoms with Crippen LogP contribution >= 0.6 is 0 Å². The zero-order chi connectivity index (χ0) is 19.1. The lowest BCUT2D eigenvalue weighted by Gasteiger charge is -2.11. The molecule has 0 atom stereocenters. The van der Waals surface area contributed by atoms with E-state index in [1.165, 1.54) is 45.5 Å². The van der Waals surface area contributed by atoms with Crippen LogP contribution in [0.25, 0.3) is 22.2 Å². The molecular formula is C18H17FN2O4S. The second-order valence-electron chi connectivity index (χ2n) is 5.88. The number of nitrogens with zero attached hydrogens (tertiary/aromatic N) is 1. The smallest absolute Gasteiger partial charge is 0.242 e. The third-order valence-corrected chi connectivity index (χ3v) is 5.96. The Labute approximate surface area is 150 Å². The van der Waals surface area contributed by atoms with Crippen LogP contribution < -0.4 is 4.74 Å². The summed E-state index contributed by atoms with van der Waals surface area (Å²) in [5.41, 5.74) is 1.71. The van der Waals surface area contributed by atoms with Gasteiger partial charge in [-0.15, -0.1) is 0 Å². The highest BCUT2D eigenvalue weighted by atomic mass is 32.2. The lowest BCUT2D eigenvalue weighted by molar-refractivity contribution is 0.112. The summed E-state index contributed by atoms with van der Waals surface area (Å²) in [5.74, 6) is -0.465. The summed E-state index contributed by atoms with van der Waals surface area (Å²) in [6.45, 7) is 0. The number of nitrogens with one attached hydrogen (secondary N) is 1. The minimum Gasteiger partial charge on any atom is -0.494 e. The summed E-state index contributed by atoms with van der Waals surface area (Å²) in [7, 11) is 0.595. The van der Waals surface area contributed by atoms with Gasteiger partial charge in [0, 0.05) is 36.1 Å². The van der Waals surface area contributed by atoms with Gasteiger partial charge in [-0.1, -0.05) is 0 Å². The second kappa shape index (κ2) is 6.54. The highest BCUT2D eigenvalue weighted by Crippen LogP contribution is 2.33. The number of aromatic nitrogens is 1. The second-order valence-corrected chi connectivity index (χ2v) is 8.03. The zero-order valence-corrected chi connectivity index (χ0v) is 15.2. The number of carbonyl (C=O) groups excluding carboxylic acids is 1. The Balaban J connectivity index is 2.23.